The van der Waals surface area contributed by atoms with Gasteiger partial charge in [-0.1, -0.05) is 6.07 Å². The molecule has 1 aromatic rings. The van der Waals surface area contributed by atoms with Crippen LogP contribution >= 0.6 is 0 Å². The third-order valence-corrected chi connectivity index (χ3v) is 3.42. The first kappa shape index (κ1) is 12.4. The molecule has 0 bridgehead atoms. The molecule has 0 aliphatic heterocycles. The first-order valence-corrected chi connectivity index (χ1v) is 6.24. The van der Waals surface area contributed by atoms with Crippen molar-refractivity contribution in [2.45, 2.75) is 38.4 Å². The summed E-state index contributed by atoms with van der Waals surface area (Å²) >= 11 is 0. The van der Waals surface area contributed by atoms with E-state index in [-0.39, 0.29) is 6.04 Å². The van der Waals surface area contributed by atoms with E-state index in [1.54, 1.807) is 7.11 Å². The van der Waals surface area contributed by atoms with Crippen molar-refractivity contribution in [2.24, 2.45) is 5.73 Å². The van der Waals surface area contributed by atoms with Crippen molar-refractivity contribution >= 4 is 0 Å². The van der Waals surface area contributed by atoms with E-state index < -0.39 is 0 Å². The minimum atomic E-state index is 0.0749. The lowest BCUT2D eigenvalue weighted by molar-refractivity contribution is 0.307. The molecule has 0 heterocycles. The Morgan fingerprint density at radius 3 is 2.71 bits per heavy atom. The fourth-order valence-electron chi connectivity index (χ4n) is 2.12. The molecule has 94 valence electrons. The number of nitrogens with two attached hydrogens (primary N) is 1. The maximum absolute atomic E-state index is 5.92. The SMILES string of the molecule is COc1ccc(C(C)N)cc1CN(C)C1CC1. The van der Waals surface area contributed by atoms with E-state index in [0.29, 0.717) is 0 Å². The molecular formula is C14H22N2O. The van der Waals surface area contributed by atoms with Crippen LogP contribution in [0.2, 0.25) is 0 Å². The van der Waals surface area contributed by atoms with E-state index in [9.17, 15) is 0 Å². The molecule has 3 heteroatoms. The average molecular weight is 234 g/mol. The number of methoxy groups -OCH3 is 1. The van der Waals surface area contributed by atoms with E-state index in [1.165, 1.54) is 24.0 Å². The highest BCUT2D eigenvalue weighted by molar-refractivity contribution is 5.38. The minimum Gasteiger partial charge on any atom is -0.496 e. The second-order valence-electron chi connectivity index (χ2n) is 5.01. The van der Waals surface area contributed by atoms with Crippen LogP contribution in [-0.4, -0.2) is 25.1 Å². The van der Waals surface area contributed by atoms with Crippen LogP contribution in [-0.2, 0) is 6.54 Å². The minimum absolute atomic E-state index is 0.0749. The zero-order valence-corrected chi connectivity index (χ0v) is 10.9. The van der Waals surface area contributed by atoms with Crippen LogP contribution in [0.3, 0.4) is 0 Å². The van der Waals surface area contributed by atoms with Crippen molar-refractivity contribution in [1.29, 1.82) is 0 Å². The highest BCUT2D eigenvalue weighted by Crippen LogP contribution is 2.29. The van der Waals surface area contributed by atoms with Crippen molar-refractivity contribution in [3.63, 3.8) is 0 Å². The molecule has 2 N–H and O–H groups in total. The average Bonchev–Trinajstić information content (AvgIpc) is 3.12. The predicted octanol–water partition coefficient (Wildman–Crippen LogP) is 2.31. The van der Waals surface area contributed by atoms with Crippen molar-refractivity contribution in [2.75, 3.05) is 14.2 Å². The molecule has 1 atom stereocenters. The maximum atomic E-state index is 5.92. The highest BCUT2D eigenvalue weighted by atomic mass is 16.5. The molecular weight excluding hydrogens is 212 g/mol. The van der Waals surface area contributed by atoms with Gasteiger partial charge in [0, 0.05) is 24.2 Å². The van der Waals surface area contributed by atoms with Crippen LogP contribution in [0.15, 0.2) is 18.2 Å². The molecule has 0 spiro atoms. The second-order valence-corrected chi connectivity index (χ2v) is 5.01. The van der Waals surface area contributed by atoms with Gasteiger partial charge < -0.3 is 10.5 Å². The van der Waals surface area contributed by atoms with Gasteiger partial charge in [-0.05, 0) is 44.5 Å². The topological polar surface area (TPSA) is 38.5 Å². The molecule has 2 rings (SSSR count). The first-order chi connectivity index (χ1) is 8.11. The van der Waals surface area contributed by atoms with Gasteiger partial charge in [0.05, 0.1) is 7.11 Å². The van der Waals surface area contributed by atoms with Crippen LogP contribution in [0.5, 0.6) is 5.75 Å². The van der Waals surface area contributed by atoms with Gasteiger partial charge in [-0.25, -0.2) is 0 Å². The van der Waals surface area contributed by atoms with E-state index in [2.05, 4.69) is 18.0 Å². The number of hydrogen-bond donors (Lipinski definition) is 1. The Balaban J connectivity index is 2.18. The lowest BCUT2D eigenvalue weighted by Crippen LogP contribution is -2.20. The number of ether oxygens (including phenoxy) is 1. The summed E-state index contributed by atoms with van der Waals surface area (Å²) in [6.45, 7) is 2.95. The normalized spacial score (nSPS) is 17.2. The number of benzene rings is 1. The van der Waals surface area contributed by atoms with Gasteiger partial charge in [0.25, 0.3) is 0 Å². The first-order valence-electron chi connectivity index (χ1n) is 6.24. The molecule has 1 aliphatic rings. The third kappa shape index (κ3) is 2.99. The Hall–Kier alpha value is -1.06. The monoisotopic (exact) mass is 234 g/mol. The van der Waals surface area contributed by atoms with Crippen LogP contribution in [0.25, 0.3) is 0 Å². The zero-order chi connectivity index (χ0) is 12.4. The summed E-state index contributed by atoms with van der Waals surface area (Å²) < 4.78 is 5.41. The Kier molecular flexibility index (Phi) is 3.69. The maximum Gasteiger partial charge on any atom is 0.123 e. The molecule has 1 saturated carbocycles. The standard InChI is InChI=1S/C14H22N2O/c1-10(15)11-4-7-14(17-3)12(8-11)9-16(2)13-5-6-13/h4,7-8,10,13H,5-6,9,15H2,1-3H3. The van der Waals surface area contributed by atoms with E-state index in [1.807, 2.05) is 19.1 Å². The van der Waals surface area contributed by atoms with Crippen LogP contribution < -0.4 is 10.5 Å². The van der Waals surface area contributed by atoms with Gasteiger partial charge in [-0.3, -0.25) is 4.90 Å². The Labute approximate surface area is 104 Å². The van der Waals surface area contributed by atoms with Crippen LogP contribution in [0.1, 0.15) is 36.9 Å². The van der Waals surface area contributed by atoms with Crippen molar-refractivity contribution < 1.29 is 4.74 Å². The van der Waals surface area contributed by atoms with Gasteiger partial charge in [0.15, 0.2) is 0 Å². The van der Waals surface area contributed by atoms with Gasteiger partial charge in [-0.2, -0.15) is 0 Å². The quantitative estimate of drug-likeness (QED) is 0.849. The molecule has 1 aromatic carbocycles. The zero-order valence-electron chi connectivity index (χ0n) is 10.9. The summed E-state index contributed by atoms with van der Waals surface area (Å²) in [5.74, 6) is 0.960. The molecule has 0 saturated heterocycles. The van der Waals surface area contributed by atoms with Crippen molar-refractivity contribution in [3.8, 4) is 5.75 Å². The highest BCUT2D eigenvalue weighted by Gasteiger charge is 2.26. The van der Waals surface area contributed by atoms with E-state index in [4.69, 9.17) is 10.5 Å². The number of nitrogens with zero attached hydrogens (tertiary/aromatic N) is 1. The Bertz CT molecular complexity index is 386. The summed E-state index contributed by atoms with van der Waals surface area (Å²) in [5.41, 5.74) is 8.33. The fourth-order valence-corrected chi connectivity index (χ4v) is 2.12. The molecule has 1 aliphatic carbocycles. The van der Waals surface area contributed by atoms with Gasteiger partial charge >= 0.3 is 0 Å². The molecule has 1 unspecified atom stereocenters. The van der Waals surface area contributed by atoms with Gasteiger partial charge in [-0.15, -0.1) is 0 Å². The lowest BCUT2D eigenvalue weighted by atomic mass is 10.0. The summed E-state index contributed by atoms with van der Waals surface area (Å²) in [4.78, 5) is 2.39. The largest absolute Gasteiger partial charge is 0.496 e. The molecule has 17 heavy (non-hydrogen) atoms. The van der Waals surface area contributed by atoms with Gasteiger partial charge in [0.1, 0.15) is 5.75 Å². The van der Waals surface area contributed by atoms with Crippen LogP contribution in [0, 0.1) is 0 Å². The Morgan fingerprint density at radius 1 is 1.47 bits per heavy atom. The van der Waals surface area contributed by atoms with Crippen molar-refractivity contribution in [3.05, 3.63) is 29.3 Å². The second kappa shape index (κ2) is 5.07. The smallest absolute Gasteiger partial charge is 0.123 e. The Morgan fingerprint density at radius 2 is 2.18 bits per heavy atom. The molecule has 1 fully saturated rings. The summed E-state index contributed by atoms with van der Waals surface area (Å²) in [6, 6.07) is 7.07. The lowest BCUT2D eigenvalue weighted by Gasteiger charge is -2.19. The number of hydrogen-bond acceptors (Lipinski definition) is 3. The van der Waals surface area contributed by atoms with Gasteiger partial charge in [0.2, 0.25) is 0 Å². The van der Waals surface area contributed by atoms with E-state index >= 15 is 0 Å². The summed E-state index contributed by atoms with van der Waals surface area (Å²) in [6.07, 6.45) is 2.65. The molecule has 0 radical (unpaired) electrons. The van der Waals surface area contributed by atoms with E-state index in [0.717, 1.165) is 18.3 Å². The third-order valence-electron chi connectivity index (χ3n) is 3.42. The molecule has 0 amide bonds. The predicted molar refractivity (Wildman–Crippen MR) is 70.1 cm³/mol. The van der Waals surface area contributed by atoms with Crippen LogP contribution in [0.4, 0.5) is 0 Å². The molecule has 3 nitrogen and oxygen atoms in total. The number of rotatable bonds is 5. The molecule has 0 aromatic heterocycles. The van der Waals surface area contributed by atoms with Crippen molar-refractivity contribution in [1.82, 2.24) is 4.90 Å². The summed E-state index contributed by atoms with van der Waals surface area (Å²) in [7, 11) is 3.90. The summed E-state index contributed by atoms with van der Waals surface area (Å²) in [5, 5.41) is 0. The fraction of sp³-hybridized carbons (Fsp3) is 0.571.